The van der Waals surface area contributed by atoms with Gasteiger partial charge in [-0.15, -0.1) is 21.5 Å². The van der Waals surface area contributed by atoms with Gasteiger partial charge in [-0.05, 0) is 32.3 Å². The van der Waals surface area contributed by atoms with Gasteiger partial charge in [0.2, 0.25) is 5.91 Å². The maximum absolute atomic E-state index is 12.5. The summed E-state index contributed by atoms with van der Waals surface area (Å²) >= 11 is 2.74. The second-order valence-electron chi connectivity index (χ2n) is 7.05. The van der Waals surface area contributed by atoms with Crippen molar-refractivity contribution in [1.29, 1.82) is 0 Å². The molecule has 2 heterocycles. The number of carbonyl (C=O) groups is 2. The lowest BCUT2D eigenvalue weighted by Gasteiger charge is -2.20. The second-order valence-corrected chi connectivity index (χ2v) is 9.22. The Kier molecular flexibility index (Phi) is 6.77. The summed E-state index contributed by atoms with van der Waals surface area (Å²) in [6.07, 6.45) is 6.09. The fourth-order valence-electron chi connectivity index (χ4n) is 3.52. The minimum Gasteiger partial charge on any atom is -0.465 e. The number of carbonyl (C=O) groups excluding carboxylic acids is 2. The summed E-state index contributed by atoms with van der Waals surface area (Å²) in [6.45, 7) is 3.78. The van der Waals surface area contributed by atoms with E-state index in [1.54, 1.807) is 0 Å². The van der Waals surface area contributed by atoms with Gasteiger partial charge in [-0.1, -0.05) is 31.0 Å². The fraction of sp³-hybridized carbons (Fsp3) is 0.579. The van der Waals surface area contributed by atoms with Crippen molar-refractivity contribution in [3.63, 3.8) is 0 Å². The van der Waals surface area contributed by atoms with Crippen LogP contribution in [0.1, 0.15) is 64.6 Å². The molecule has 3 rings (SSSR count). The van der Waals surface area contributed by atoms with Gasteiger partial charge in [0.25, 0.3) is 0 Å². The average Bonchev–Trinajstić information content (AvgIpc) is 3.19. The third-order valence-corrected chi connectivity index (χ3v) is 7.34. The third-order valence-electron chi connectivity index (χ3n) is 5.20. The molecular weight excluding hydrogens is 396 g/mol. The Morgan fingerprint density at radius 1 is 1.25 bits per heavy atom. The maximum Gasteiger partial charge on any atom is 0.341 e. The first kappa shape index (κ1) is 20.9. The van der Waals surface area contributed by atoms with E-state index in [9.17, 15) is 9.59 Å². The number of hydrogen-bond donors (Lipinski definition) is 1. The number of ether oxygens (including phenoxy) is 1. The number of anilines is 1. The van der Waals surface area contributed by atoms with Gasteiger partial charge >= 0.3 is 5.97 Å². The Hall–Kier alpha value is -1.87. The molecule has 0 aliphatic heterocycles. The molecule has 0 spiro atoms. The molecule has 0 radical (unpaired) electrons. The van der Waals surface area contributed by atoms with Crippen molar-refractivity contribution >= 4 is 40.0 Å². The van der Waals surface area contributed by atoms with Crippen LogP contribution in [0.3, 0.4) is 0 Å². The summed E-state index contributed by atoms with van der Waals surface area (Å²) in [4.78, 5) is 25.5. The minimum atomic E-state index is -0.435. The highest BCUT2D eigenvalue weighted by atomic mass is 32.2. The first-order valence-corrected chi connectivity index (χ1v) is 11.2. The number of aromatic nitrogens is 3. The molecule has 2 aromatic rings. The monoisotopic (exact) mass is 422 g/mol. The van der Waals surface area contributed by atoms with Gasteiger partial charge in [-0.2, -0.15) is 0 Å². The molecular formula is C19H26N4O3S2. The lowest BCUT2D eigenvalue weighted by molar-refractivity contribution is -0.113. The van der Waals surface area contributed by atoms with E-state index in [1.807, 2.05) is 25.5 Å². The van der Waals surface area contributed by atoms with Crippen LogP contribution in [0, 0.1) is 13.8 Å². The zero-order valence-electron chi connectivity index (χ0n) is 16.7. The van der Waals surface area contributed by atoms with E-state index < -0.39 is 5.97 Å². The van der Waals surface area contributed by atoms with Crippen LogP contribution in [0.5, 0.6) is 0 Å². The molecule has 1 aliphatic rings. The number of hydrogen-bond acceptors (Lipinski definition) is 7. The lowest BCUT2D eigenvalue weighted by Crippen LogP contribution is -2.16. The number of amides is 1. The van der Waals surface area contributed by atoms with Crippen molar-refractivity contribution in [1.82, 2.24) is 14.8 Å². The van der Waals surface area contributed by atoms with Gasteiger partial charge in [0.1, 0.15) is 10.8 Å². The number of methoxy groups -OCH3 is 1. The average molecular weight is 423 g/mol. The Balaban J connectivity index is 1.63. The molecule has 1 aliphatic carbocycles. The molecule has 1 amide bonds. The van der Waals surface area contributed by atoms with Crippen LogP contribution in [0.25, 0.3) is 0 Å². The van der Waals surface area contributed by atoms with Gasteiger partial charge in [-0.3, -0.25) is 4.79 Å². The molecule has 152 valence electrons. The van der Waals surface area contributed by atoms with Crippen LogP contribution in [0.4, 0.5) is 5.00 Å². The SMILES string of the molecule is COC(=O)c1c(NC(=O)CSc2nnc(C3CCCCC3)n2C)sc(C)c1C. The van der Waals surface area contributed by atoms with E-state index in [-0.39, 0.29) is 11.7 Å². The van der Waals surface area contributed by atoms with E-state index in [4.69, 9.17) is 4.74 Å². The highest BCUT2D eigenvalue weighted by molar-refractivity contribution is 7.99. The van der Waals surface area contributed by atoms with E-state index in [0.29, 0.717) is 16.5 Å². The summed E-state index contributed by atoms with van der Waals surface area (Å²) < 4.78 is 6.85. The maximum atomic E-state index is 12.5. The van der Waals surface area contributed by atoms with Crippen LogP contribution >= 0.6 is 23.1 Å². The fourth-order valence-corrected chi connectivity index (χ4v) is 5.31. The molecule has 0 saturated heterocycles. The topological polar surface area (TPSA) is 86.1 Å². The number of rotatable bonds is 6. The summed E-state index contributed by atoms with van der Waals surface area (Å²) in [7, 11) is 3.31. The van der Waals surface area contributed by atoms with Crippen molar-refractivity contribution < 1.29 is 14.3 Å². The Morgan fingerprint density at radius 3 is 2.64 bits per heavy atom. The Labute approximate surface area is 173 Å². The predicted octanol–water partition coefficient (Wildman–Crippen LogP) is 4.06. The summed E-state index contributed by atoms with van der Waals surface area (Å²) in [5, 5.41) is 12.8. The second kappa shape index (κ2) is 9.09. The molecule has 7 nitrogen and oxygen atoms in total. The highest BCUT2D eigenvalue weighted by Crippen LogP contribution is 2.34. The minimum absolute atomic E-state index is 0.182. The molecule has 0 unspecified atom stereocenters. The molecule has 2 aromatic heterocycles. The van der Waals surface area contributed by atoms with Crippen molar-refractivity contribution in [2.24, 2.45) is 7.05 Å². The van der Waals surface area contributed by atoms with Gasteiger partial charge in [0, 0.05) is 17.8 Å². The molecule has 1 fully saturated rings. The van der Waals surface area contributed by atoms with Crippen LogP contribution in [0.15, 0.2) is 5.16 Å². The molecule has 0 aromatic carbocycles. The van der Waals surface area contributed by atoms with Crippen LogP contribution in [0.2, 0.25) is 0 Å². The van der Waals surface area contributed by atoms with Gasteiger partial charge in [0.05, 0.1) is 18.4 Å². The number of nitrogens with zero attached hydrogens (tertiary/aromatic N) is 3. The number of aryl methyl sites for hydroxylation is 1. The molecule has 1 saturated carbocycles. The van der Waals surface area contributed by atoms with Crippen molar-refractivity contribution in [2.75, 3.05) is 18.2 Å². The summed E-state index contributed by atoms with van der Waals surface area (Å²) in [6, 6.07) is 0. The van der Waals surface area contributed by atoms with E-state index in [1.165, 1.54) is 49.5 Å². The first-order valence-electron chi connectivity index (χ1n) is 9.42. The largest absolute Gasteiger partial charge is 0.465 e. The summed E-state index contributed by atoms with van der Waals surface area (Å²) in [5.41, 5.74) is 1.27. The standard InChI is InChI=1S/C19H26N4O3S2/c1-11-12(2)28-17(15(11)18(25)26-4)20-14(24)10-27-19-22-21-16(23(19)3)13-8-6-5-7-9-13/h13H,5-10H2,1-4H3,(H,20,24). The van der Waals surface area contributed by atoms with Crippen molar-refractivity contribution in [3.05, 3.63) is 21.8 Å². The number of thiophene rings is 1. The van der Waals surface area contributed by atoms with E-state index in [2.05, 4.69) is 15.5 Å². The first-order chi connectivity index (χ1) is 13.4. The Morgan fingerprint density at radius 2 is 1.96 bits per heavy atom. The normalized spacial score (nSPS) is 14.9. The van der Waals surface area contributed by atoms with Gasteiger partial charge < -0.3 is 14.6 Å². The van der Waals surface area contributed by atoms with Crippen LogP contribution in [-0.2, 0) is 16.6 Å². The lowest BCUT2D eigenvalue weighted by atomic mass is 9.89. The van der Waals surface area contributed by atoms with Crippen molar-refractivity contribution in [2.45, 2.75) is 57.0 Å². The van der Waals surface area contributed by atoms with E-state index >= 15 is 0 Å². The number of esters is 1. The van der Waals surface area contributed by atoms with Crippen molar-refractivity contribution in [3.8, 4) is 0 Å². The summed E-state index contributed by atoms with van der Waals surface area (Å²) in [5.74, 6) is 1.07. The zero-order valence-corrected chi connectivity index (χ0v) is 18.3. The quantitative estimate of drug-likeness (QED) is 0.558. The highest BCUT2D eigenvalue weighted by Gasteiger charge is 2.24. The third kappa shape index (κ3) is 4.41. The van der Waals surface area contributed by atoms with Crippen LogP contribution < -0.4 is 5.32 Å². The zero-order chi connectivity index (χ0) is 20.3. The van der Waals surface area contributed by atoms with Gasteiger partial charge in [0.15, 0.2) is 5.16 Å². The Bertz CT molecular complexity index is 869. The van der Waals surface area contributed by atoms with E-state index in [0.717, 1.165) is 34.3 Å². The molecule has 0 atom stereocenters. The molecule has 0 bridgehead atoms. The molecule has 1 N–H and O–H groups in total. The molecule has 9 heteroatoms. The van der Waals surface area contributed by atoms with Gasteiger partial charge in [-0.25, -0.2) is 4.79 Å². The number of thioether (sulfide) groups is 1. The number of nitrogens with one attached hydrogen (secondary N) is 1. The smallest absolute Gasteiger partial charge is 0.341 e. The molecule has 28 heavy (non-hydrogen) atoms. The predicted molar refractivity (Wildman–Crippen MR) is 111 cm³/mol. The van der Waals surface area contributed by atoms with Crippen LogP contribution in [-0.4, -0.2) is 39.5 Å².